The summed E-state index contributed by atoms with van der Waals surface area (Å²) in [4.78, 5) is 25.0. The Kier molecular flexibility index (Phi) is 24.0. The summed E-state index contributed by atoms with van der Waals surface area (Å²) >= 11 is 0. The molecule has 0 spiro atoms. The van der Waals surface area contributed by atoms with E-state index in [0.717, 1.165) is 13.8 Å². The molecule has 0 aromatic carbocycles. The standard InChI is InChI=1S/C46H78N2O35/c1-10-21(54)28(61)32(65)42(74-10)73-9-18-38(26(59)19(40(70)75-18)47-11(2)52)81-41-20(48-12(3)53)27(60)37(15(6-51)78-41)82-46-36(69)39(83-45-35(68)30(63)23(56)14(5-50)77-45)25(58)17(80-46)8-72-44-34(67)31(64)24(57)16(79-44)7-71-43-33(66)29(62)22(55)13(4-49)76-43/h10,13-46,49-51,54-70H,4-9H2,1-3H3,(H,47,52)(H,48,53)/t10-,13+,14+,15+,16+,17+,18+,19+,20-,21+,22-,23+,24+,25+,26+,27+,28+,29-,30-,31-,32-,33+,34-,35-,36-,37+,38+,39-,40+,41-,42+,43+,44-,45+,46-/m0/s1. The number of hydrogen-bond donors (Lipinski definition) is 22. The molecule has 37 heteroatoms. The fourth-order valence-electron chi connectivity index (χ4n) is 10.4. The van der Waals surface area contributed by atoms with Gasteiger partial charge in [0.2, 0.25) is 11.8 Å². The Morgan fingerprint density at radius 3 is 1.20 bits per heavy atom. The lowest BCUT2D eigenvalue weighted by Gasteiger charge is -2.50. The SMILES string of the molecule is CC(=O)N[C@@H]1[C@H](O[C@H]2[C@H](O)[C@@H](NC(C)=O)[C@H](O)O[C@@H]2CO[C@@H]2O[C@@H](C)[C@@H](O)[C@@H](O)[C@@H]2O)O[C@H](CO)[C@@H](O[C@@H]2O[C@H](CO[C@H]3O[C@H](CO[C@@H]4O[C@H](CO)[C@H](O)[C@H](O)[C@H]4O)[C@@H](O)[C@H](O)[C@@H]3O)[C@@H](O)[C@H](O[C@H]3O[C@H](CO)[C@@H](O)[C@H](O)[C@@H]3O)[C@@H]2O)[C@@H]1O. The maximum atomic E-state index is 12.8. The third-order valence-corrected chi connectivity index (χ3v) is 15.2. The van der Waals surface area contributed by atoms with Gasteiger partial charge >= 0.3 is 0 Å². The summed E-state index contributed by atoms with van der Waals surface area (Å²) in [5.74, 6) is -1.65. The van der Waals surface area contributed by atoms with E-state index in [0.29, 0.717) is 0 Å². The molecular formula is C46H78N2O35. The first kappa shape index (κ1) is 68.1. The molecule has 37 nitrogen and oxygen atoms in total. The summed E-state index contributed by atoms with van der Waals surface area (Å²) in [7, 11) is 0. The summed E-state index contributed by atoms with van der Waals surface area (Å²) in [6.07, 6.45) is -62.2. The van der Waals surface area contributed by atoms with E-state index in [2.05, 4.69) is 10.6 Å². The van der Waals surface area contributed by atoms with Crippen LogP contribution in [0, 0.1) is 0 Å². The monoisotopic (exact) mass is 1220 g/mol. The van der Waals surface area contributed by atoms with Gasteiger partial charge < -0.3 is 174 Å². The largest absolute Gasteiger partial charge is 0.394 e. The van der Waals surface area contributed by atoms with Gasteiger partial charge in [-0.25, -0.2) is 0 Å². The topological polar surface area (TPSA) is 583 Å². The lowest BCUT2D eigenvalue weighted by Crippen LogP contribution is -2.70. The minimum Gasteiger partial charge on any atom is -0.394 e. The number of carbonyl (C=O) groups excluding carboxylic acids is 2. The van der Waals surface area contributed by atoms with Gasteiger partial charge in [0.1, 0.15) is 165 Å². The van der Waals surface area contributed by atoms with Gasteiger partial charge in [0.05, 0.1) is 45.7 Å². The van der Waals surface area contributed by atoms with Crippen LogP contribution in [0.25, 0.3) is 0 Å². The molecule has 83 heavy (non-hydrogen) atoms. The summed E-state index contributed by atoms with van der Waals surface area (Å²) in [5.41, 5.74) is 0. The molecule has 7 aliphatic heterocycles. The van der Waals surface area contributed by atoms with Crippen LogP contribution in [0.2, 0.25) is 0 Å². The first-order valence-electron chi connectivity index (χ1n) is 26.5. The van der Waals surface area contributed by atoms with E-state index in [1.807, 2.05) is 0 Å². The molecule has 0 bridgehead atoms. The molecule has 0 unspecified atom stereocenters. The molecular weight excluding hydrogens is 1140 g/mol. The van der Waals surface area contributed by atoms with E-state index in [1.165, 1.54) is 6.92 Å². The number of rotatable bonds is 20. The van der Waals surface area contributed by atoms with Crippen molar-refractivity contribution in [2.45, 2.75) is 236 Å². The van der Waals surface area contributed by atoms with Crippen molar-refractivity contribution in [3.63, 3.8) is 0 Å². The Hall–Kier alpha value is -2.38. The number of nitrogens with one attached hydrogen (secondary N) is 2. The average molecular weight is 1220 g/mol. The van der Waals surface area contributed by atoms with E-state index in [4.69, 9.17) is 61.6 Å². The molecule has 7 fully saturated rings. The van der Waals surface area contributed by atoms with Gasteiger partial charge in [-0.15, -0.1) is 0 Å². The number of hydrogen-bond acceptors (Lipinski definition) is 35. The van der Waals surface area contributed by atoms with Gasteiger partial charge in [-0.1, -0.05) is 0 Å². The Morgan fingerprint density at radius 1 is 0.337 bits per heavy atom. The zero-order chi connectivity index (χ0) is 61.2. The van der Waals surface area contributed by atoms with Crippen molar-refractivity contribution in [3.8, 4) is 0 Å². The normalized spacial score (nSPS) is 50.8. The first-order chi connectivity index (χ1) is 39.1. The van der Waals surface area contributed by atoms with Crippen molar-refractivity contribution < 1.29 is 173 Å². The molecule has 2 amide bonds. The summed E-state index contributed by atoms with van der Waals surface area (Å²) in [5, 5.41) is 220. The maximum Gasteiger partial charge on any atom is 0.217 e. The number of aliphatic hydroxyl groups excluding tert-OH is 20. The Morgan fingerprint density at radius 2 is 0.687 bits per heavy atom. The predicted octanol–water partition coefficient (Wildman–Crippen LogP) is -15.0. The van der Waals surface area contributed by atoms with Gasteiger partial charge in [0.15, 0.2) is 44.0 Å². The van der Waals surface area contributed by atoms with Crippen LogP contribution in [0.5, 0.6) is 0 Å². The van der Waals surface area contributed by atoms with Crippen LogP contribution in [0.1, 0.15) is 20.8 Å². The lowest BCUT2D eigenvalue weighted by atomic mass is 9.94. The molecule has 7 rings (SSSR count). The van der Waals surface area contributed by atoms with Crippen molar-refractivity contribution in [1.82, 2.24) is 10.6 Å². The second kappa shape index (κ2) is 29.3. The van der Waals surface area contributed by atoms with E-state index >= 15 is 0 Å². The summed E-state index contributed by atoms with van der Waals surface area (Å²) in [6.45, 7) is -2.04. The zero-order valence-electron chi connectivity index (χ0n) is 44.5. The van der Waals surface area contributed by atoms with Crippen molar-refractivity contribution in [1.29, 1.82) is 0 Å². The molecule has 7 saturated heterocycles. The van der Waals surface area contributed by atoms with E-state index in [1.54, 1.807) is 0 Å². The van der Waals surface area contributed by atoms with Crippen LogP contribution in [-0.2, 0) is 71.2 Å². The van der Waals surface area contributed by atoms with Gasteiger partial charge in [-0.05, 0) is 6.92 Å². The van der Waals surface area contributed by atoms with Crippen LogP contribution >= 0.6 is 0 Å². The van der Waals surface area contributed by atoms with Crippen molar-refractivity contribution in [3.05, 3.63) is 0 Å². The van der Waals surface area contributed by atoms with Gasteiger partial charge in [0, 0.05) is 13.8 Å². The molecule has 0 radical (unpaired) electrons. The minimum absolute atomic E-state index is 0.757. The molecule has 0 aliphatic carbocycles. The Balaban J connectivity index is 1.12. The zero-order valence-corrected chi connectivity index (χ0v) is 44.5. The Bertz CT molecular complexity index is 2040. The second-order valence-corrected chi connectivity index (χ2v) is 21.1. The highest BCUT2D eigenvalue weighted by Crippen LogP contribution is 2.36. The fraction of sp³-hybridized carbons (Fsp3) is 0.957. The molecule has 0 aromatic rings. The van der Waals surface area contributed by atoms with Crippen LogP contribution in [0.15, 0.2) is 0 Å². The van der Waals surface area contributed by atoms with Crippen LogP contribution in [-0.4, -0.2) is 368 Å². The molecule has 7 aliphatic rings. The van der Waals surface area contributed by atoms with E-state index in [9.17, 15) is 112 Å². The fourth-order valence-corrected chi connectivity index (χ4v) is 10.4. The molecule has 0 aromatic heterocycles. The average Bonchev–Trinajstić information content (AvgIpc) is 3.62. The maximum absolute atomic E-state index is 12.8. The molecule has 7 heterocycles. The smallest absolute Gasteiger partial charge is 0.217 e. The molecule has 35 atom stereocenters. The van der Waals surface area contributed by atoms with E-state index in [-0.39, 0.29) is 0 Å². The first-order valence-corrected chi connectivity index (χ1v) is 26.5. The predicted molar refractivity (Wildman–Crippen MR) is 254 cm³/mol. The van der Waals surface area contributed by atoms with Crippen molar-refractivity contribution in [2.75, 3.05) is 39.6 Å². The number of aliphatic hydroxyl groups is 20. The van der Waals surface area contributed by atoms with Crippen molar-refractivity contribution >= 4 is 11.8 Å². The lowest BCUT2D eigenvalue weighted by molar-refractivity contribution is -0.384. The molecule has 22 N–H and O–H groups in total. The molecule has 0 saturated carbocycles. The quantitative estimate of drug-likeness (QED) is 0.0538. The highest BCUT2D eigenvalue weighted by molar-refractivity contribution is 5.73. The Labute approximate surface area is 470 Å². The highest BCUT2D eigenvalue weighted by Gasteiger charge is 2.57. The number of carbonyl (C=O) groups is 2. The van der Waals surface area contributed by atoms with Gasteiger partial charge in [0.25, 0.3) is 0 Å². The van der Waals surface area contributed by atoms with Gasteiger partial charge in [-0.2, -0.15) is 0 Å². The van der Waals surface area contributed by atoms with Crippen LogP contribution in [0.4, 0.5) is 0 Å². The van der Waals surface area contributed by atoms with E-state index < -0.39 is 266 Å². The van der Waals surface area contributed by atoms with Crippen LogP contribution < -0.4 is 10.6 Å². The summed E-state index contributed by atoms with van der Waals surface area (Å²) < 4.78 is 74.3. The second-order valence-electron chi connectivity index (χ2n) is 21.1. The third-order valence-electron chi connectivity index (χ3n) is 15.2. The van der Waals surface area contributed by atoms with Gasteiger partial charge in [-0.3, -0.25) is 9.59 Å². The van der Waals surface area contributed by atoms with Crippen LogP contribution in [0.3, 0.4) is 0 Å². The molecule has 482 valence electrons. The summed E-state index contributed by atoms with van der Waals surface area (Å²) in [6, 6.07) is -3.49. The highest BCUT2D eigenvalue weighted by atomic mass is 16.8. The third kappa shape index (κ3) is 15.0. The number of amides is 2. The van der Waals surface area contributed by atoms with Crippen molar-refractivity contribution in [2.24, 2.45) is 0 Å². The minimum atomic E-state index is -2.31. The number of ether oxygens (including phenoxy) is 13.